The number of halogens is 2. The Balaban J connectivity index is 1.52. The van der Waals surface area contributed by atoms with Crippen molar-refractivity contribution in [3.63, 3.8) is 0 Å². The van der Waals surface area contributed by atoms with Gasteiger partial charge < -0.3 is 14.3 Å². The van der Waals surface area contributed by atoms with Gasteiger partial charge in [-0.2, -0.15) is 0 Å². The van der Waals surface area contributed by atoms with Crippen LogP contribution in [0.15, 0.2) is 53.7 Å². The number of allylic oxidation sites excluding steroid dienone is 1. The summed E-state index contributed by atoms with van der Waals surface area (Å²) in [4.78, 5) is 29.3. The van der Waals surface area contributed by atoms with Crippen molar-refractivity contribution < 1.29 is 23.9 Å². The molecule has 34 heavy (non-hydrogen) atoms. The van der Waals surface area contributed by atoms with Gasteiger partial charge in [0.2, 0.25) is 5.60 Å². The highest BCUT2D eigenvalue weighted by molar-refractivity contribution is 6.31. The highest BCUT2D eigenvalue weighted by Crippen LogP contribution is 2.32. The van der Waals surface area contributed by atoms with Gasteiger partial charge in [-0.25, -0.2) is 4.79 Å². The molecular formula is C26H27Cl2NO5. The van der Waals surface area contributed by atoms with E-state index in [1.807, 2.05) is 42.5 Å². The van der Waals surface area contributed by atoms with Crippen LogP contribution in [0.1, 0.15) is 44.1 Å². The number of carbonyl (C=O) groups excluding carboxylic acids is 2. The lowest BCUT2D eigenvalue weighted by atomic mass is 9.92. The van der Waals surface area contributed by atoms with E-state index in [1.165, 1.54) is 14.2 Å². The topological polar surface area (TPSA) is 74.2 Å². The third kappa shape index (κ3) is 6.61. The number of esters is 2. The van der Waals surface area contributed by atoms with Gasteiger partial charge in [0, 0.05) is 16.5 Å². The van der Waals surface area contributed by atoms with Gasteiger partial charge >= 0.3 is 11.9 Å². The van der Waals surface area contributed by atoms with Gasteiger partial charge in [-0.15, -0.1) is 0 Å². The Morgan fingerprint density at radius 1 is 1.06 bits per heavy atom. The van der Waals surface area contributed by atoms with Gasteiger partial charge in [-0.1, -0.05) is 58.7 Å². The number of rotatable bonds is 10. The molecule has 0 N–H and O–H groups in total. The van der Waals surface area contributed by atoms with Crippen LogP contribution in [0.3, 0.4) is 0 Å². The maximum atomic E-state index is 12.2. The van der Waals surface area contributed by atoms with Gasteiger partial charge in [0.1, 0.15) is 0 Å². The first-order valence-electron chi connectivity index (χ1n) is 11.0. The summed E-state index contributed by atoms with van der Waals surface area (Å²) in [5.41, 5.74) is 2.48. The third-order valence-electron chi connectivity index (χ3n) is 5.61. The van der Waals surface area contributed by atoms with Crippen LogP contribution in [0.25, 0.3) is 17.2 Å². The summed E-state index contributed by atoms with van der Waals surface area (Å²) in [6, 6.07) is 13.5. The molecule has 0 saturated heterocycles. The van der Waals surface area contributed by atoms with Crippen LogP contribution in [0.5, 0.6) is 0 Å². The number of benzene rings is 2. The average molecular weight is 504 g/mol. The number of ether oxygens (including phenoxy) is 2. The zero-order chi connectivity index (χ0) is 24.6. The van der Waals surface area contributed by atoms with Crippen molar-refractivity contribution >= 4 is 46.9 Å². The molecule has 0 aliphatic carbocycles. The zero-order valence-corrected chi connectivity index (χ0v) is 20.7. The first-order valence-corrected chi connectivity index (χ1v) is 11.7. The molecule has 0 radical (unpaired) electrons. The number of oxime groups is 1. The molecule has 180 valence electrons. The maximum absolute atomic E-state index is 12.2. The summed E-state index contributed by atoms with van der Waals surface area (Å²) >= 11 is 12.2. The van der Waals surface area contributed by atoms with Gasteiger partial charge in [-0.3, -0.25) is 4.79 Å². The molecule has 1 unspecified atom stereocenters. The highest BCUT2D eigenvalue weighted by atomic mass is 35.5. The quantitative estimate of drug-likeness (QED) is 0.273. The van der Waals surface area contributed by atoms with E-state index in [0.29, 0.717) is 16.5 Å². The lowest BCUT2D eigenvalue weighted by molar-refractivity contribution is -0.173. The molecule has 2 aromatic rings. The third-order valence-corrected chi connectivity index (χ3v) is 6.10. The molecule has 1 aliphatic heterocycles. The number of carbonyl (C=O) groups is 2. The summed E-state index contributed by atoms with van der Waals surface area (Å²) in [6.07, 6.45) is 7.56. The van der Waals surface area contributed by atoms with E-state index in [0.717, 1.165) is 41.7 Å². The van der Waals surface area contributed by atoms with Gasteiger partial charge in [0.25, 0.3) is 0 Å². The van der Waals surface area contributed by atoms with E-state index < -0.39 is 17.5 Å². The lowest BCUT2D eigenvalue weighted by Crippen LogP contribution is -2.42. The Kier molecular flexibility index (Phi) is 9.13. The van der Waals surface area contributed by atoms with Crippen molar-refractivity contribution in [2.75, 3.05) is 14.2 Å². The van der Waals surface area contributed by atoms with Crippen molar-refractivity contribution in [2.45, 2.75) is 44.1 Å². The number of hydrogen-bond donors (Lipinski definition) is 0. The van der Waals surface area contributed by atoms with Crippen molar-refractivity contribution in [1.82, 2.24) is 0 Å². The molecule has 0 saturated carbocycles. The van der Waals surface area contributed by atoms with Crippen molar-refractivity contribution in [2.24, 2.45) is 5.16 Å². The summed E-state index contributed by atoms with van der Waals surface area (Å²) in [7, 11) is 2.52. The summed E-state index contributed by atoms with van der Waals surface area (Å²) < 4.78 is 9.50. The van der Waals surface area contributed by atoms with Crippen molar-refractivity contribution in [3.8, 4) is 11.1 Å². The predicted octanol–water partition coefficient (Wildman–Crippen LogP) is 6.49. The normalized spacial score (nSPS) is 17.4. The lowest BCUT2D eigenvalue weighted by Gasteiger charge is -2.22. The summed E-state index contributed by atoms with van der Waals surface area (Å²) in [5.74, 6) is -1.17. The van der Waals surface area contributed by atoms with Crippen LogP contribution in [0.2, 0.25) is 10.0 Å². The standard InChI is InChI=1S/C26H27Cl2NO5/c1-32-24(30)17-26(25(31)33-2)16-22(29-34-26)8-6-4-3-5-7-18-11-14-21(28)15-23(18)19-9-12-20(27)13-10-19/h5,7,9-15H,3-4,6,8,16-17H2,1-2H3/b7-5+. The van der Waals surface area contributed by atoms with E-state index in [1.54, 1.807) is 0 Å². The minimum Gasteiger partial charge on any atom is -0.469 e. The molecule has 8 heteroatoms. The molecule has 0 fully saturated rings. The largest absolute Gasteiger partial charge is 0.469 e. The second kappa shape index (κ2) is 12.0. The van der Waals surface area contributed by atoms with Crippen LogP contribution >= 0.6 is 23.2 Å². The molecule has 1 heterocycles. The van der Waals surface area contributed by atoms with Gasteiger partial charge in [0.05, 0.1) is 26.4 Å². The fraction of sp³-hybridized carbons (Fsp3) is 0.346. The summed E-state index contributed by atoms with van der Waals surface area (Å²) in [5, 5.41) is 5.41. The monoisotopic (exact) mass is 503 g/mol. The molecule has 0 aromatic heterocycles. The van der Waals surface area contributed by atoms with E-state index in [4.69, 9.17) is 32.8 Å². The SMILES string of the molecule is COC(=O)CC1(C(=O)OC)CC(CCCC/C=C/c2ccc(Cl)cc2-c2ccc(Cl)cc2)=NO1. The van der Waals surface area contributed by atoms with Gasteiger partial charge in [-0.05, 0) is 66.6 Å². The minimum atomic E-state index is -1.43. The number of methoxy groups -OCH3 is 2. The Hall–Kier alpha value is -2.83. The Morgan fingerprint density at radius 3 is 2.50 bits per heavy atom. The number of hydrogen-bond acceptors (Lipinski definition) is 6. The molecule has 0 bridgehead atoms. The molecule has 3 rings (SSSR count). The zero-order valence-electron chi connectivity index (χ0n) is 19.2. The molecule has 0 amide bonds. The van der Waals surface area contributed by atoms with E-state index >= 15 is 0 Å². The molecule has 1 aliphatic rings. The molecule has 1 atom stereocenters. The van der Waals surface area contributed by atoms with Crippen LogP contribution in [0, 0.1) is 0 Å². The molecular weight excluding hydrogens is 477 g/mol. The van der Waals surface area contributed by atoms with Crippen molar-refractivity contribution in [1.29, 1.82) is 0 Å². The predicted molar refractivity (Wildman–Crippen MR) is 134 cm³/mol. The molecule has 2 aromatic carbocycles. The van der Waals surface area contributed by atoms with Crippen molar-refractivity contribution in [3.05, 3.63) is 64.1 Å². The fourth-order valence-corrected chi connectivity index (χ4v) is 4.10. The maximum Gasteiger partial charge on any atom is 0.354 e. The molecule has 0 spiro atoms. The highest BCUT2D eigenvalue weighted by Gasteiger charge is 2.49. The Bertz CT molecular complexity index is 1080. The van der Waals surface area contributed by atoms with Crippen LogP contribution in [-0.2, 0) is 23.9 Å². The van der Waals surface area contributed by atoms with Crippen LogP contribution in [0.4, 0.5) is 0 Å². The first kappa shape index (κ1) is 25.8. The van der Waals surface area contributed by atoms with Crippen LogP contribution < -0.4 is 0 Å². The second-order valence-corrected chi connectivity index (χ2v) is 8.92. The van der Waals surface area contributed by atoms with Crippen LogP contribution in [-0.4, -0.2) is 37.5 Å². The average Bonchev–Trinajstić information content (AvgIpc) is 3.25. The van der Waals surface area contributed by atoms with E-state index in [-0.39, 0.29) is 12.8 Å². The number of nitrogens with zero attached hydrogens (tertiary/aromatic N) is 1. The Labute approximate surface area is 209 Å². The van der Waals surface area contributed by atoms with E-state index in [9.17, 15) is 9.59 Å². The summed E-state index contributed by atoms with van der Waals surface area (Å²) in [6.45, 7) is 0. The first-order chi connectivity index (χ1) is 16.4. The van der Waals surface area contributed by atoms with Gasteiger partial charge in [0.15, 0.2) is 0 Å². The minimum absolute atomic E-state index is 0.222. The molecule has 6 nitrogen and oxygen atoms in total. The fourth-order valence-electron chi connectivity index (χ4n) is 3.80. The van der Waals surface area contributed by atoms with E-state index in [2.05, 4.69) is 22.0 Å². The number of unbranched alkanes of at least 4 members (excludes halogenated alkanes) is 2. The smallest absolute Gasteiger partial charge is 0.354 e. The Morgan fingerprint density at radius 2 is 1.79 bits per heavy atom. The second-order valence-electron chi connectivity index (χ2n) is 8.05.